The van der Waals surface area contributed by atoms with Crippen LogP contribution < -0.4 is 0 Å². The SMILES string of the molecule is FC(F)(F)c1ccc2cc(CSc3ccc(Cl)cc3)ccc2n1. The Labute approximate surface area is 140 Å². The maximum Gasteiger partial charge on any atom is 0.433 e. The molecule has 0 N–H and O–H groups in total. The van der Waals surface area contributed by atoms with Gasteiger partial charge in [-0.25, -0.2) is 4.98 Å². The Kier molecular flexibility index (Phi) is 4.50. The summed E-state index contributed by atoms with van der Waals surface area (Å²) >= 11 is 7.48. The zero-order chi connectivity index (χ0) is 16.4. The van der Waals surface area contributed by atoms with Gasteiger partial charge in [0.25, 0.3) is 0 Å². The number of benzene rings is 2. The molecule has 0 saturated heterocycles. The molecule has 118 valence electrons. The van der Waals surface area contributed by atoms with Gasteiger partial charge in [-0.3, -0.25) is 0 Å². The summed E-state index contributed by atoms with van der Waals surface area (Å²) in [7, 11) is 0. The van der Waals surface area contributed by atoms with Crippen molar-refractivity contribution in [2.24, 2.45) is 0 Å². The summed E-state index contributed by atoms with van der Waals surface area (Å²) < 4.78 is 38.0. The van der Waals surface area contributed by atoms with E-state index in [0.29, 0.717) is 15.9 Å². The molecule has 0 aliphatic carbocycles. The van der Waals surface area contributed by atoms with Crippen molar-refractivity contribution in [1.29, 1.82) is 0 Å². The van der Waals surface area contributed by atoms with Gasteiger partial charge in [-0.1, -0.05) is 23.7 Å². The normalized spacial score (nSPS) is 11.8. The Bertz CT molecular complexity index is 831. The molecule has 1 nitrogen and oxygen atoms in total. The average molecular weight is 354 g/mol. The van der Waals surface area contributed by atoms with E-state index in [0.717, 1.165) is 22.3 Å². The molecule has 3 aromatic rings. The van der Waals surface area contributed by atoms with Crippen molar-refractivity contribution in [3.63, 3.8) is 0 Å². The first kappa shape index (κ1) is 16.1. The highest BCUT2D eigenvalue weighted by atomic mass is 35.5. The van der Waals surface area contributed by atoms with Crippen molar-refractivity contribution < 1.29 is 13.2 Å². The van der Waals surface area contributed by atoms with Crippen LogP contribution in [-0.2, 0) is 11.9 Å². The molecule has 6 heteroatoms. The number of hydrogen-bond donors (Lipinski definition) is 0. The van der Waals surface area contributed by atoms with E-state index in [1.807, 2.05) is 30.3 Å². The van der Waals surface area contributed by atoms with E-state index in [9.17, 15) is 13.2 Å². The zero-order valence-corrected chi connectivity index (χ0v) is 13.3. The second-order valence-electron chi connectivity index (χ2n) is 4.96. The number of rotatable bonds is 3. The molecule has 0 aliphatic heterocycles. The topological polar surface area (TPSA) is 12.9 Å². The van der Waals surface area contributed by atoms with Crippen molar-refractivity contribution in [3.05, 3.63) is 70.9 Å². The van der Waals surface area contributed by atoms with Gasteiger partial charge in [-0.2, -0.15) is 13.2 Å². The van der Waals surface area contributed by atoms with Crippen LogP contribution in [0, 0.1) is 0 Å². The van der Waals surface area contributed by atoms with Crippen molar-refractivity contribution in [2.75, 3.05) is 0 Å². The fraction of sp³-hybridized carbons (Fsp3) is 0.118. The summed E-state index contributed by atoms with van der Waals surface area (Å²) in [6, 6.07) is 15.3. The van der Waals surface area contributed by atoms with Gasteiger partial charge in [-0.05, 0) is 48.0 Å². The number of fused-ring (bicyclic) bond motifs is 1. The van der Waals surface area contributed by atoms with Gasteiger partial charge in [0.2, 0.25) is 0 Å². The molecule has 0 radical (unpaired) electrons. The minimum Gasteiger partial charge on any atom is -0.243 e. The predicted molar refractivity (Wildman–Crippen MR) is 87.8 cm³/mol. The molecule has 2 aromatic carbocycles. The van der Waals surface area contributed by atoms with Gasteiger partial charge < -0.3 is 0 Å². The molecule has 0 unspecified atom stereocenters. The predicted octanol–water partition coefficient (Wildman–Crippen LogP) is 6.20. The van der Waals surface area contributed by atoms with Crippen LogP contribution in [0.25, 0.3) is 10.9 Å². The standard InChI is InChI=1S/C17H11ClF3NS/c18-13-3-5-14(6-4-13)23-10-11-1-7-15-12(9-11)2-8-16(22-15)17(19,20)21/h1-9H,10H2. The van der Waals surface area contributed by atoms with Gasteiger partial charge in [0.1, 0.15) is 5.69 Å². The number of halogens is 4. The first-order valence-electron chi connectivity index (χ1n) is 6.77. The van der Waals surface area contributed by atoms with Crippen molar-refractivity contribution >= 4 is 34.3 Å². The fourth-order valence-electron chi connectivity index (χ4n) is 2.12. The van der Waals surface area contributed by atoms with Gasteiger partial charge >= 0.3 is 6.18 Å². The van der Waals surface area contributed by atoms with Gasteiger partial charge in [-0.15, -0.1) is 11.8 Å². The minimum atomic E-state index is -4.42. The number of aromatic nitrogens is 1. The lowest BCUT2D eigenvalue weighted by Gasteiger charge is -2.08. The van der Waals surface area contributed by atoms with Crippen LogP contribution in [0.4, 0.5) is 13.2 Å². The van der Waals surface area contributed by atoms with Crippen molar-refractivity contribution in [2.45, 2.75) is 16.8 Å². The smallest absolute Gasteiger partial charge is 0.243 e. The third-order valence-electron chi connectivity index (χ3n) is 3.26. The summed E-state index contributed by atoms with van der Waals surface area (Å²) in [6.45, 7) is 0. The second kappa shape index (κ2) is 6.42. The summed E-state index contributed by atoms with van der Waals surface area (Å²) in [5, 5.41) is 1.39. The van der Waals surface area contributed by atoms with Crippen LogP contribution in [-0.4, -0.2) is 4.98 Å². The Hall–Kier alpha value is -1.72. The van der Waals surface area contributed by atoms with E-state index in [4.69, 9.17) is 11.6 Å². The molecule has 0 atom stereocenters. The van der Waals surface area contributed by atoms with Crippen LogP contribution >= 0.6 is 23.4 Å². The quantitative estimate of drug-likeness (QED) is 0.520. The van der Waals surface area contributed by atoms with E-state index < -0.39 is 11.9 Å². The molecule has 3 rings (SSSR count). The monoisotopic (exact) mass is 353 g/mol. The second-order valence-corrected chi connectivity index (χ2v) is 6.45. The van der Waals surface area contributed by atoms with Crippen LogP contribution in [0.3, 0.4) is 0 Å². The number of thioether (sulfide) groups is 1. The molecule has 23 heavy (non-hydrogen) atoms. The molecule has 0 amide bonds. The summed E-state index contributed by atoms with van der Waals surface area (Å²) in [5.41, 5.74) is 0.507. The first-order chi connectivity index (χ1) is 10.9. The number of alkyl halides is 3. The number of hydrogen-bond acceptors (Lipinski definition) is 2. The van der Waals surface area contributed by atoms with Crippen LogP contribution in [0.2, 0.25) is 5.02 Å². The zero-order valence-electron chi connectivity index (χ0n) is 11.8. The Morgan fingerprint density at radius 3 is 2.39 bits per heavy atom. The molecule has 0 bridgehead atoms. The van der Waals surface area contributed by atoms with E-state index in [1.54, 1.807) is 23.9 Å². The average Bonchev–Trinajstić information content (AvgIpc) is 2.53. The lowest BCUT2D eigenvalue weighted by molar-refractivity contribution is -0.140. The fourth-order valence-corrected chi connectivity index (χ4v) is 3.09. The maximum absolute atomic E-state index is 12.7. The molecule has 1 heterocycles. The molecule has 0 aliphatic rings. The van der Waals surface area contributed by atoms with Gasteiger partial charge in [0, 0.05) is 21.1 Å². The summed E-state index contributed by atoms with van der Waals surface area (Å²) in [6.07, 6.45) is -4.42. The molecule has 0 saturated carbocycles. The van der Waals surface area contributed by atoms with Crippen LogP contribution in [0.5, 0.6) is 0 Å². The van der Waals surface area contributed by atoms with Crippen molar-refractivity contribution in [1.82, 2.24) is 4.98 Å². The highest BCUT2D eigenvalue weighted by molar-refractivity contribution is 7.98. The van der Waals surface area contributed by atoms with Gasteiger partial charge in [0.05, 0.1) is 5.52 Å². The van der Waals surface area contributed by atoms with E-state index in [1.165, 1.54) is 6.07 Å². The molecular formula is C17H11ClF3NS. The third kappa shape index (κ3) is 3.98. The Balaban J connectivity index is 1.79. The molecule has 0 spiro atoms. The molecule has 1 aromatic heterocycles. The van der Waals surface area contributed by atoms with Crippen LogP contribution in [0.1, 0.15) is 11.3 Å². The first-order valence-corrected chi connectivity index (χ1v) is 8.13. The minimum absolute atomic E-state index is 0.347. The Morgan fingerprint density at radius 2 is 1.70 bits per heavy atom. The highest BCUT2D eigenvalue weighted by Gasteiger charge is 2.32. The lowest BCUT2D eigenvalue weighted by Crippen LogP contribution is -2.07. The summed E-state index contributed by atoms with van der Waals surface area (Å²) in [5.74, 6) is 0.721. The maximum atomic E-state index is 12.7. The van der Waals surface area contributed by atoms with Crippen molar-refractivity contribution in [3.8, 4) is 0 Å². The van der Waals surface area contributed by atoms with Crippen LogP contribution in [0.15, 0.2) is 59.5 Å². The number of nitrogens with zero attached hydrogens (tertiary/aromatic N) is 1. The van der Waals surface area contributed by atoms with Gasteiger partial charge in [0.15, 0.2) is 0 Å². The molecular weight excluding hydrogens is 343 g/mol. The largest absolute Gasteiger partial charge is 0.433 e. The Morgan fingerprint density at radius 1 is 0.957 bits per heavy atom. The highest BCUT2D eigenvalue weighted by Crippen LogP contribution is 2.30. The van der Waals surface area contributed by atoms with E-state index in [2.05, 4.69) is 4.98 Å². The molecule has 0 fully saturated rings. The lowest BCUT2D eigenvalue weighted by atomic mass is 10.1. The third-order valence-corrected chi connectivity index (χ3v) is 4.60. The van der Waals surface area contributed by atoms with E-state index in [-0.39, 0.29) is 0 Å². The number of pyridine rings is 1. The van der Waals surface area contributed by atoms with E-state index >= 15 is 0 Å². The summed E-state index contributed by atoms with van der Waals surface area (Å²) in [4.78, 5) is 4.75.